The van der Waals surface area contributed by atoms with E-state index in [1.807, 2.05) is 18.2 Å². The Balaban J connectivity index is 1.99. The van der Waals surface area contributed by atoms with E-state index in [0.29, 0.717) is 5.41 Å². The van der Waals surface area contributed by atoms with Gasteiger partial charge in [0.05, 0.1) is 6.42 Å². The number of hydrogen-bond donors (Lipinski definition) is 1. The second-order valence-electron chi connectivity index (χ2n) is 6.32. The number of aliphatic carboxylic acids is 1. The zero-order valence-electron chi connectivity index (χ0n) is 13.3. The normalized spacial score (nSPS) is 18.6. The Morgan fingerprint density at radius 2 is 1.71 bits per heavy atom. The zero-order chi connectivity index (χ0) is 15.3. The average molecular weight is 289 g/mol. The van der Waals surface area contributed by atoms with E-state index in [-0.39, 0.29) is 6.42 Å². The molecule has 21 heavy (non-hydrogen) atoms. The van der Waals surface area contributed by atoms with Crippen molar-refractivity contribution >= 4 is 5.97 Å². The van der Waals surface area contributed by atoms with Gasteiger partial charge in [0, 0.05) is 6.54 Å². The van der Waals surface area contributed by atoms with Crippen LogP contribution in [0.4, 0.5) is 0 Å². The summed E-state index contributed by atoms with van der Waals surface area (Å²) >= 11 is 0. The van der Waals surface area contributed by atoms with Gasteiger partial charge in [0.25, 0.3) is 0 Å². The number of piperidine rings is 1. The van der Waals surface area contributed by atoms with Gasteiger partial charge >= 0.3 is 5.97 Å². The fraction of sp³-hybridized carbons (Fsp3) is 0.611. The summed E-state index contributed by atoms with van der Waals surface area (Å²) in [6.07, 6.45) is 5.19. The molecular formula is C18H27NO2. The molecule has 0 aliphatic carbocycles. The van der Waals surface area contributed by atoms with Crippen molar-refractivity contribution in [1.82, 2.24) is 4.90 Å². The monoisotopic (exact) mass is 289 g/mol. The quantitative estimate of drug-likeness (QED) is 0.867. The Morgan fingerprint density at radius 3 is 2.24 bits per heavy atom. The average Bonchev–Trinajstić information content (AvgIpc) is 2.50. The third-order valence-corrected chi connectivity index (χ3v) is 5.27. The third kappa shape index (κ3) is 4.07. The molecule has 1 heterocycles. The van der Waals surface area contributed by atoms with Crippen LogP contribution in [0.3, 0.4) is 0 Å². The smallest absolute Gasteiger partial charge is 0.307 e. The molecule has 3 heteroatoms. The van der Waals surface area contributed by atoms with E-state index < -0.39 is 5.97 Å². The van der Waals surface area contributed by atoms with Gasteiger partial charge in [-0.15, -0.1) is 0 Å². The molecule has 1 N–H and O–H groups in total. The number of carbonyl (C=O) groups is 1. The molecule has 0 saturated carbocycles. The molecule has 1 aromatic rings. The van der Waals surface area contributed by atoms with E-state index in [1.54, 1.807) is 0 Å². The number of benzene rings is 1. The molecule has 1 aliphatic rings. The summed E-state index contributed by atoms with van der Waals surface area (Å²) in [6, 6.07) is 7.94. The van der Waals surface area contributed by atoms with Gasteiger partial charge in [0.2, 0.25) is 0 Å². The van der Waals surface area contributed by atoms with Crippen LogP contribution in [0, 0.1) is 5.41 Å². The van der Waals surface area contributed by atoms with Crippen LogP contribution in [0.2, 0.25) is 0 Å². The van der Waals surface area contributed by atoms with E-state index in [4.69, 9.17) is 5.11 Å². The van der Waals surface area contributed by atoms with Gasteiger partial charge in [-0.05, 0) is 42.5 Å². The number of likely N-dealkylation sites (tertiary alicyclic amines) is 1. The van der Waals surface area contributed by atoms with Gasteiger partial charge in [-0.2, -0.15) is 0 Å². The summed E-state index contributed by atoms with van der Waals surface area (Å²) in [4.78, 5) is 13.4. The molecule has 0 aromatic heterocycles. The minimum Gasteiger partial charge on any atom is -0.481 e. The molecule has 1 saturated heterocycles. The van der Waals surface area contributed by atoms with Crippen molar-refractivity contribution in [2.45, 2.75) is 52.5 Å². The first-order valence-electron chi connectivity index (χ1n) is 8.09. The maximum atomic E-state index is 11.0. The lowest BCUT2D eigenvalue weighted by atomic mass is 9.74. The van der Waals surface area contributed by atoms with Crippen LogP contribution in [0.5, 0.6) is 0 Å². The van der Waals surface area contributed by atoms with Gasteiger partial charge in [-0.25, -0.2) is 0 Å². The van der Waals surface area contributed by atoms with Gasteiger partial charge in [0.15, 0.2) is 0 Å². The van der Waals surface area contributed by atoms with Gasteiger partial charge in [-0.3, -0.25) is 9.69 Å². The van der Waals surface area contributed by atoms with Crippen molar-refractivity contribution in [3.63, 3.8) is 0 Å². The highest BCUT2D eigenvalue weighted by molar-refractivity contribution is 5.70. The minimum atomic E-state index is -0.753. The van der Waals surface area contributed by atoms with E-state index in [9.17, 15) is 4.79 Å². The summed E-state index contributed by atoms with van der Waals surface area (Å²) in [6.45, 7) is 7.75. The molecule has 3 nitrogen and oxygen atoms in total. The zero-order valence-corrected chi connectivity index (χ0v) is 13.3. The number of carboxylic acid groups (broad SMARTS) is 1. The standard InChI is InChI=1S/C18H27NO2/c1-3-18(4-2)9-11-19(12-10-18)14-16-8-6-5-7-15(16)13-17(20)21/h5-8H,3-4,9-14H2,1-2H3,(H,20,21). The summed E-state index contributed by atoms with van der Waals surface area (Å²) in [5.74, 6) is -0.753. The lowest BCUT2D eigenvalue weighted by Gasteiger charge is -2.41. The maximum Gasteiger partial charge on any atom is 0.307 e. The van der Waals surface area contributed by atoms with E-state index in [0.717, 1.165) is 25.2 Å². The van der Waals surface area contributed by atoms with Crippen LogP contribution >= 0.6 is 0 Å². The molecule has 1 aliphatic heterocycles. The summed E-state index contributed by atoms with van der Waals surface area (Å²) in [5.41, 5.74) is 2.66. The Labute approximate surface area is 128 Å². The predicted molar refractivity (Wildman–Crippen MR) is 85.3 cm³/mol. The van der Waals surface area contributed by atoms with Crippen molar-refractivity contribution < 1.29 is 9.90 Å². The highest BCUT2D eigenvalue weighted by Gasteiger charge is 2.31. The Kier molecular flexibility index (Phi) is 5.40. The first-order valence-corrected chi connectivity index (χ1v) is 8.09. The first-order chi connectivity index (χ1) is 10.1. The largest absolute Gasteiger partial charge is 0.481 e. The minimum absolute atomic E-state index is 0.123. The third-order valence-electron chi connectivity index (χ3n) is 5.27. The summed E-state index contributed by atoms with van der Waals surface area (Å²) in [7, 11) is 0. The number of hydrogen-bond acceptors (Lipinski definition) is 2. The van der Waals surface area contributed by atoms with Crippen molar-refractivity contribution in [3.05, 3.63) is 35.4 Å². The van der Waals surface area contributed by atoms with Crippen LogP contribution in [0.1, 0.15) is 50.7 Å². The molecule has 1 fully saturated rings. The molecular weight excluding hydrogens is 262 g/mol. The highest BCUT2D eigenvalue weighted by Crippen LogP contribution is 2.38. The number of nitrogens with zero attached hydrogens (tertiary/aromatic N) is 1. The Bertz CT molecular complexity index is 470. The van der Waals surface area contributed by atoms with Crippen LogP contribution in [0.25, 0.3) is 0 Å². The number of carboxylic acids is 1. The van der Waals surface area contributed by atoms with Gasteiger partial charge < -0.3 is 5.11 Å². The van der Waals surface area contributed by atoms with Crippen molar-refractivity contribution in [2.24, 2.45) is 5.41 Å². The van der Waals surface area contributed by atoms with E-state index in [1.165, 1.54) is 31.2 Å². The van der Waals surface area contributed by atoms with Crippen LogP contribution < -0.4 is 0 Å². The highest BCUT2D eigenvalue weighted by atomic mass is 16.4. The molecule has 0 unspecified atom stereocenters. The molecule has 0 radical (unpaired) electrons. The Hall–Kier alpha value is -1.35. The van der Waals surface area contributed by atoms with Crippen LogP contribution in [-0.2, 0) is 17.8 Å². The van der Waals surface area contributed by atoms with Crippen molar-refractivity contribution in [3.8, 4) is 0 Å². The molecule has 116 valence electrons. The van der Waals surface area contributed by atoms with E-state index >= 15 is 0 Å². The SMILES string of the molecule is CCC1(CC)CCN(Cc2ccccc2CC(=O)O)CC1. The summed E-state index contributed by atoms with van der Waals surface area (Å²) < 4.78 is 0. The fourth-order valence-electron chi connectivity index (χ4n) is 3.43. The predicted octanol–water partition coefficient (Wildman–Crippen LogP) is 3.72. The van der Waals surface area contributed by atoms with Crippen molar-refractivity contribution in [2.75, 3.05) is 13.1 Å². The number of rotatable bonds is 6. The van der Waals surface area contributed by atoms with Crippen LogP contribution in [-0.4, -0.2) is 29.1 Å². The molecule has 0 bridgehead atoms. The molecule has 0 spiro atoms. The van der Waals surface area contributed by atoms with Gasteiger partial charge in [-0.1, -0.05) is 51.0 Å². The first kappa shape index (κ1) is 16.0. The lowest BCUT2D eigenvalue weighted by molar-refractivity contribution is -0.136. The molecule has 1 aromatic carbocycles. The van der Waals surface area contributed by atoms with E-state index in [2.05, 4.69) is 24.8 Å². The van der Waals surface area contributed by atoms with Crippen molar-refractivity contribution in [1.29, 1.82) is 0 Å². The Morgan fingerprint density at radius 1 is 1.14 bits per heavy atom. The fourth-order valence-corrected chi connectivity index (χ4v) is 3.43. The molecule has 2 rings (SSSR count). The van der Waals surface area contributed by atoms with Crippen LogP contribution in [0.15, 0.2) is 24.3 Å². The summed E-state index contributed by atoms with van der Waals surface area (Å²) in [5, 5.41) is 9.02. The lowest BCUT2D eigenvalue weighted by Crippen LogP contribution is -2.39. The molecule has 0 amide bonds. The molecule has 0 atom stereocenters. The van der Waals surface area contributed by atoms with Gasteiger partial charge in [0.1, 0.15) is 0 Å². The maximum absolute atomic E-state index is 11.0. The topological polar surface area (TPSA) is 40.5 Å². The second-order valence-corrected chi connectivity index (χ2v) is 6.32. The second kappa shape index (κ2) is 7.08.